The molecule has 0 amide bonds. The number of carboxylic acids is 1. The SMILES string of the molecule is CNC(CCCCCC(=O)OCc1ccccc1)C(=O)O. The van der Waals surface area contributed by atoms with Crippen LogP contribution in [0.4, 0.5) is 0 Å². The monoisotopic (exact) mass is 293 g/mol. The van der Waals surface area contributed by atoms with Crippen LogP contribution in [0.5, 0.6) is 0 Å². The van der Waals surface area contributed by atoms with Gasteiger partial charge in [0.25, 0.3) is 0 Å². The molecule has 1 aromatic carbocycles. The third kappa shape index (κ3) is 7.46. The maximum atomic E-state index is 11.5. The minimum absolute atomic E-state index is 0.206. The van der Waals surface area contributed by atoms with Gasteiger partial charge >= 0.3 is 11.9 Å². The lowest BCUT2D eigenvalue weighted by Crippen LogP contribution is -2.33. The molecule has 0 saturated heterocycles. The highest BCUT2D eigenvalue weighted by molar-refractivity contribution is 5.73. The van der Waals surface area contributed by atoms with Crippen LogP contribution in [-0.4, -0.2) is 30.1 Å². The molecule has 2 N–H and O–H groups in total. The highest BCUT2D eigenvalue weighted by Gasteiger charge is 2.13. The summed E-state index contributed by atoms with van der Waals surface area (Å²) in [5.74, 6) is -1.04. The molecule has 0 aliphatic heterocycles. The Morgan fingerprint density at radius 3 is 2.52 bits per heavy atom. The molecule has 0 aliphatic carbocycles. The second-order valence-corrected chi connectivity index (χ2v) is 4.93. The van der Waals surface area contributed by atoms with E-state index < -0.39 is 12.0 Å². The average molecular weight is 293 g/mol. The van der Waals surface area contributed by atoms with Crippen molar-refractivity contribution in [2.24, 2.45) is 0 Å². The zero-order valence-corrected chi connectivity index (χ0v) is 12.4. The van der Waals surface area contributed by atoms with Gasteiger partial charge < -0.3 is 15.2 Å². The van der Waals surface area contributed by atoms with Gasteiger partial charge in [0.15, 0.2) is 0 Å². The molecule has 1 atom stereocenters. The fraction of sp³-hybridized carbons (Fsp3) is 0.500. The molecular formula is C16H23NO4. The van der Waals surface area contributed by atoms with E-state index in [1.165, 1.54) is 0 Å². The Bertz CT molecular complexity index is 433. The number of esters is 1. The van der Waals surface area contributed by atoms with Crippen LogP contribution in [0, 0.1) is 0 Å². The maximum absolute atomic E-state index is 11.5. The van der Waals surface area contributed by atoms with Crippen LogP contribution in [0.25, 0.3) is 0 Å². The lowest BCUT2D eigenvalue weighted by molar-refractivity contribution is -0.145. The Hall–Kier alpha value is -1.88. The van der Waals surface area contributed by atoms with Crippen LogP contribution in [0.15, 0.2) is 30.3 Å². The molecule has 21 heavy (non-hydrogen) atoms. The second-order valence-electron chi connectivity index (χ2n) is 4.93. The lowest BCUT2D eigenvalue weighted by Gasteiger charge is -2.10. The first-order valence-electron chi connectivity index (χ1n) is 7.23. The topological polar surface area (TPSA) is 75.6 Å². The zero-order chi connectivity index (χ0) is 15.5. The van der Waals surface area contributed by atoms with E-state index in [2.05, 4.69) is 5.32 Å². The number of hydrogen-bond donors (Lipinski definition) is 2. The van der Waals surface area contributed by atoms with Crippen LogP contribution in [0.3, 0.4) is 0 Å². The number of unbranched alkanes of at least 4 members (excludes halogenated alkanes) is 2. The normalized spacial score (nSPS) is 11.9. The van der Waals surface area contributed by atoms with Crippen LogP contribution < -0.4 is 5.32 Å². The molecule has 1 unspecified atom stereocenters. The van der Waals surface area contributed by atoms with Gasteiger partial charge in [0.05, 0.1) is 0 Å². The lowest BCUT2D eigenvalue weighted by atomic mass is 10.1. The van der Waals surface area contributed by atoms with Gasteiger partial charge in [0.1, 0.15) is 12.6 Å². The summed E-state index contributed by atoms with van der Waals surface area (Å²) in [5.41, 5.74) is 0.976. The van der Waals surface area contributed by atoms with Gasteiger partial charge in [0, 0.05) is 6.42 Å². The maximum Gasteiger partial charge on any atom is 0.320 e. The first-order chi connectivity index (χ1) is 10.1. The summed E-state index contributed by atoms with van der Waals surface area (Å²) in [7, 11) is 1.64. The number of ether oxygens (including phenoxy) is 1. The molecule has 0 spiro atoms. The standard InChI is InChI=1S/C16H23NO4/c1-17-14(16(19)20)10-6-3-7-11-15(18)21-12-13-8-4-2-5-9-13/h2,4-5,8-9,14,17H,3,6-7,10-12H2,1H3,(H,19,20). The van der Waals surface area contributed by atoms with Gasteiger partial charge in [0.2, 0.25) is 0 Å². The second kappa shape index (κ2) is 9.94. The number of hydrogen-bond acceptors (Lipinski definition) is 4. The molecular weight excluding hydrogens is 270 g/mol. The largest absolute Gasteiger partial charge is 0.480 e. The van der Waals surface area contributed by atoms with Crippen molar-refractivity contribution in [3.63, 3.8) is 0 Å². The van der Waals surface area contributed by atoms with E-state index in [9.17, 15) is 9.59 Å². The smallest absolute Gasteiger partial charge is 0.320 e. The Kier molecular flexibility index (Phi) is 8.12. The number of rotatable bonds is 10. The Morgan fingerprint density at radius 2 is 1.90 bits per heavy atom. The highest BCUT2D eigenvalue weighted by atomic mass is 16.5. The highest BCUT2D eigenvalue weighted by Crippen LogP contribution is 2.08. The van der Waals surface area contributed by atoms with Crippen molar-refractivity contribution >= 4 is 11.9 Å². The number of carboxylic acid groups (broad SMARTS) is 1. The summed E-state index contributed by atoms with van der Waals surface area (Å²) in [6.45, 7) is 0.306. The quantitative estimate of drug-likeness (QED) is 0.511. The number of nitrogens with one attached hydrogen (secondary N) is 1. The molecule has 0 saturated carbocycles. The first-order valence-corrected chi connectivity index (χ1v) is 7.23. The third-order valence-electron chi connectivity index (χ3n) is 3.26. The molecule has 1 rings (SSSR count). The van der Waals surface area contributed by atoms with Crippen molar-refractivity contribution in [2.75, 3.05) is 7.05 Å². The van der Waals surface area contributed by atoms with Crippen molar-refractivity contribution in [3.05, 3.63) is 35.9 Å². The third-order valence-corrected chi connectivity index (χ3v) is 3.26. The van der Waals surface area contributed by atoms with Gasteiger partial charge in [-0.25, -0.2) is 0 Å². The van der Waals surface area contributed by atoms with Crippen molar-refractivity contribution in [1.82, 2.24) is 5.32 Å². The summed E-state index contributed by atoms with van der Waals surface area (Å²) in [6.07, 6.45) is 3.29. The van der Waals surface area contributed by atoms with Crippen molar-refractivity contribution in [3.8, 4) is 0 Å². The number of likely N-dealkylation sites (N-methyl/N-ethyl adjacent to an activating group) is 1. The molecule has 0 bridgehead atoms. The Labute approximate surface area is 125 Å². The van der Waals surface area contributed by atoms with E-state index in [0.29, 0.717) is 19.4 Å². The molecule has 5 nitrogen and oxygen atoms in total. The van der Waals surface area contributed by atoms with E-state index in [1.807, 2.05) is 30.3 Å². The van der Waals surface area contributed by atoms with Crippen LogP contribution in [-0.2, 0) is 20.9 Å². The van der Waals surface area contributed by atoms with Crippen LogP contribution >= 0.6 is 0 Å². The van der Waals surface area contributed by atoms with Gasteiger partial charge in [-0.3, -0.25) is 9.59 Å². The van der Waals surface area contributed by atoms with Crippen LogP contribution in [0.2, 0.25) is 0 Å². The molecule has 0 aromatic heterocycles. The first kappa shape index (κ1) is 17.2. The number of aliphatic carboxylic acids is 1. The fourth-order valence-corrected chi connectivity index (χ4v) is 2.00. The minimum Gasteiger partial charge on any atom is -0.480 e. The van der Waals surface area contributed by atoms with E-state index >= 15 is 0 Å². The summed E-state index contributed by atoms with van der Waals surface area (Å²) in [5, 5.41) is 11.6. The van der Waals surface area contributed by atoms with Gasteiger partial charge in [-0.2, -0.15) is 0 Å². The van der Waals surface area contributed by atoms with E-state index in [1.54, 1.807) is 7.05 Å². The Morgan fingerprint density at radius 1 is 1.19 bits per heavy atom. The van der Waals surface area contributed by atoms with E-state index in [4.69, 9.17) is 9.84 Å². The average Bonchev–Trinajstić information content (AvgIpc) is 2.49. The van der Waals surface area contributed by atoms with Crippen molar-refractivity contribution in [1.29, 1.82) is 0 Å². The Balaban J connectivity index is 2.07. The number of carbonyl (C=O) groups is 2. The summed E-state index contributed by atoms with van der Waals surface area (Å²) >= 11 is 0. The molecule has 0 aliphatic rings. The van der Waals surface area contributed by atoms with Gasteiger partial charge in [-0.05, 0) is 25.5 Å². The van der Waals surface area contributed by atoms with E-state index in [-0.39, 0.29) is 5.97 Å². The molecule has 0 fully saturated rings. The van der Waals surface area contributed by atoms with Crippen molar-refractivity contribution in [2.45, 2.75) is 44.8 Å². The van der Waals surface area contributed by atoms with Gasteiger partial charge in [-0.15, -0.1) is 0 Å². The van der Waals surface area contributed by atoms with E-state index in [0.717, 1.165) is 24.8 Å². The molecule has 5 heteroatoms. The number of benzene rings is 1. The number of carbonyl (C=O) groups excluding carboxylic acids is 1. The van der Waals surface area contributed by atoms with Crippen molar-refractivity contribution < 1.29 is 19.4 Å². The minimum atomic E-state index is -0.834. The predicted molar refractivity (Wildman–Crippen MR) is 79.8 cm³/mol. The molecule has 0 heterocycles. The zero-order valence-electron chi connectivity index (χ0n) is 12.4. The van der Waals surface area contributed by atoms with Crippen LogP contribution in [0.1, 0.15) is 37.7 Å². The van der Waals surface area contributed by atoms with Gasteiger partial charge in [-0.1, -0.05) is 43.2 Å². The summed E-state index contributed by atoms with van der Waals surface area (Å²) in [4.78, 5) is 22.3. The summed E-state index contributed by atoms with van der Waals surface area (Å²) in [6, 6.07) is 9.05. The molecule has 0 radical (unpaired) electrons. The fourth-order valence-electron chi connectivity index (χ4n) is 2.00. The molecule has 1 aromatic rings. The predicted octanol–water partition coefficient (Wildman–Crippen LogP) is 2.35. The summed E-state index contributed by atoms with van der Waals surface area (Å²) < 4.78 is 5.17. The molecule has 116 valence electrons.